The van der Waals surface area contributed by atoms with Crippen molar-refractivity contribution < 1.29 is 0 Å². The lowest BCUT2D eigenvalue weighted by atomic mass is 9.67. The molecule has 1 heteroatoms. The summed E-state index contributed by atoms with van der Waals surface area (Å²) in [6.45, 7) is 21.8. The van der Waals surface area contributed by atoms with Crippen molar-refractivity contribution in [1.82, 2.24) is 4.90 Å². The molecule has 0 aromatic rings. The standard InChI is InChI=1S/C17H35N/c1-13(2)9-15-10-18(14(3)4)12-16(5,6)11-17(15,7)8/h13-15H,9-12H2,1-8H3. The average Bonchev–Trinajstić information content (AvgIpc) is 2.19. The number of nitrogens with zero attached hydrogens (tertiary/aromatic N) is 1. The highest BCUT2D eigenvalue weighted by molar-refractivity contribution is 4.92. The molecule has 1 saturated heterocycles. The second kappa shape index (κ2) is 5.53. The van der Waals surface area contributed by atoms with Crippen LogP contribution in [0, 0.1) is 22.7 Å². The van der Waals surface area contributed by atoms with Crippen molar-refractivity contribution in [2.75, 3.05) is 13.1 Å². The lowest BCUT2D eigenvalue weighted by Crippen LogP contribution is -2.39. The molecule has 0 radical (unpaired) electrons. The van der Waals surface area contributed by atoms with E-state index < -0.39 is 0 Å². The van der Waals surface area contributed by atoms with Crippen LogP contribution in [0.25, 0.3) is 0 Å². The molecule has 0 amide bonds. The molecule has 1 heterocycles. The zero-order valence-corrected chi connectivity index (χ0v) is 14.0. The minimum Gasteiger partial charge on any atom is -0.300 e. The largest absolute Gasteiger partial charge is 0.300 e. The minimum atomic E-state index is 0.444. The Balaban J connectivity index is 2.94. The van der Waals surface area contributed by atoms with Gasteiger partial charge in [-0.15, -0.1) is 0 Å². The lowest BCUT2D eigenvalue weighted by molar-refractivity contribution is 0.127. The Bertz CT molecular complexity index is 263. The van der Waals surface area contributed by atoms with Crippen molar-refractivity contribution in [3.05, 3.63) is 0 Å². The van der Waals surface area contributed by atoms with Gasteiger partial charge in [0.15, 0.2) is 0 Å². The Morgan fingerprint density at radius 3 is 2.06 bits per heavy atom. The Kier molecular flexibility index (Phi) is 4.92. The molecule has 18 heavy (non-hydrogen) atoms. The first-order chi connectivity index (χ1) is 8.03. The van der Waals surface area contributed by atoms with E-state index in [1.807, 2.05) is 0 Å². The van der Waals surface area contributed by atoms with E-state index in [2.05, 4.69) is 60.3 Å². The third-order valence-electron chi connectivity index (χ3n) is 4.61. The monoisotopic (exact) mass is 253 g/mol. The topological polar surface area (TPSA) is 3.24 Å². The van der Waals surface area contributed by atoms with E-state index in [0.29, 0.717) is 16.9 Å². The molecule has 0 aliphatic carbocycles. The van der Waals surface area contributed by atoms with Crippen molar-refractivity contribution in [1.29, 1.82) is 0 Å². The molecule has 0 N–H and O–H groups in total. The zero-order chi connectivity index (χ0) is 14.1. The van der Waals surface area contributed by atoms with Gasteiger partial charge < -0.3 is 4.90 Å². The molecule has 1 aliphatic rings. The molecule has 108 valence electrons. The van der Waals surface area contributed by atoms with E-state index in [4.69, 9.17) is 0 Å². The number of rotatable bonds is 3. The molecule has 1 atom stereocenters. The Hall–Kier alpha value is -0.0400. The minimum absolute atomic E-state index is 0.444. The SMILES string of the molecule is CC(C)CC1CN(C(C)C)CC(C)(C)CC1(C)C. The highest BCUT2D eigenvalue weighted by Crippen LogP contribution is 2.45. The molecule has 0 aromatic heterocycles. The van der Waals surface area contributed by atoms with Gasteiger partial charge >= 0.3 is 0 Å². The number of hydrogen-bond acceptors (Lipinski definition) is 1. The van der Waals surface area contributed by atoms with Crippen LogP contribution in [-0.4, -0.2) is 24.0 Å². The van der Waals surface area contributed by atoms with Gasteiger partial charge in [0.25, 0.3) is 0 Å². The quantitative estimate of drug-likeness (QED) is 0.697. The fourth-order valence-corrected chi connectivity index (χ4v) is 3.93. The third kappa shape index (κ3) is 4.26. The van der Waals surface area contributed by atoms with E-state index in [0.717, 1.165) is 11.8 Å². The molecular formula is C17H35N. The molecule has 1 nitrogen and oxygen atoms in total. The first-order valence-electron chi connectivity index (χ1n) is 7.77. The van der Waals surface area contributed by atoms with Gasteiger partial charge in [-0.2, -0.15) is 0 Å². The van der Waals surface area contributed by atoms with Gasteiger partial charge in [-0.25, -0.2) is 0 Å². The zero-order valence-electron chi connectivity index (χ0n) is 14.0. The van der Waals surface area contributed by atoms with Gasteiger partial charge in [0.1, 0.15) is 0 Å². The van der Waals surface area contributed by atoms with E-state index in [9.17, 15) is 0 Å². The van der Waals surface area contributed by atoms with Gasteiger partial charge in [-0.1, -0.05) is 41.5 Å². The molecule has 1 rings (SSSR count). The van der Waals surface area contributed by atoms with Crippen molar-refractivity contribution in [3.63, 3.8) is 0 Å². The molecule has 0 saturated carbocycles. The summed E-state index contributed by atoms with van der Waals surface area (Å²) in [7, 11) is 0. The van der Waals surface area contributed by atoms with E-state index >= 15 is 0 Å². The smallest absolute Gasteiger partial charge is 0.00389 e. The average molecular weight is 253 g/mol. The summed E-state index contributed by atoms with van der Waals surface area (Å²) in [4.78, 5) is 2.71. The molecule has 0 bridgehead atoms. The summed E-state index contributed by atoms with van der Waals surface area (Å²) >= 11 is 0. The molecular weight excluding hydrogens is 218 g/mol. The maximum atomic E-state index is 2.71. The van der Waals surface area contributed by atoms with Crippen LogP contribution in [0.2, 0.25) is 0 Å². The second-order valence-electron chi connectivity index (χ2n) is 8.68. The van der Waals surface area contributed by atoms with Crippen LogP contribution < -0.4 is 0 Å². The van der Waals surface area contributed by atoms with Crippen LogP contribution in [0.15, 0.2) is 0 Å². The maximum Gasteiger partial charge on any atom is 0.00389 e. The first kappa shape index (κ1) is 16.0. The molecule has 1 unspecified atom stereocenters. The van der Waals surface area contributed by atoms with Crippen LogP contribution >= 0.6 is 0 Å². The van der Waals surface area contributed by atoms with Crippen molar-refractivity contribution in [2.24, 2.45) is 22.7 Å². The van der Waals surface area contributed by atoms with Crippen molar-refractivity contribution >= 4 is 0 Å². The van der Waals surface area contributed by atoms with E-state index in [1.54, 1.807) is 0 Å². The predicted molar refractivity (Wildman–Crippen MR) is 81.8 cm³/mol. The first-order valence-corrected chi connectivity index (χ1v) is 7.77. The second-order valence-corrected chi connectivity index (χ2v) is 8.68. The summed E-state index contributed by atoms with van der Waals surface area (Å²) in [5.74, 6) is 1.64. The van der Waals surface area contributed by atoms with Gasteiger partial charge in [0.2, 0.25) is 0 Å². The van der Waals surface area contributed by atoms with Crippen molar-refractivity contribution in [3.8, 4) is 0 Å². The molecule has 0 spiro atoms. The Labute approximate surface area is 115 Å². The highest BCUT2D eigenvalue weighted by Gasteiger charge is 2.41. The summed E-state index contributed by atoms with van der Waals surface area (Å²) in [5.41, 5.74) is 0.914. The van der Waals surface area contributed by atoms with Gasteiger partial charge in [-0.05, 0) is 49.4 Å². The van der Waals surface area contributed by atoms with Gasteiger partial charge in [0.05, 0.1) is 0 Å². The summed E-state index contributed by atoms with van der Waals surface area (Å²) in [6.07, 6.45) is 2.72. The van der Waals surface area contributed by atoms with Crippen LogP contribution in [0.3, 0.4) is 0 Å². The molecule has 0 aromatic carbocycles. The van der Waals surface area contributed by atoms with E-state index in [1.165, 1.54) is 25.9 Å². The van der Waals surface area contributed by atoms with E-state index in [-0.39, 0.29) is 0 Å². The van der Waals surface area contributed by atoms with Gasteiger partial charge in [-0.3, -0.25) is 0 Å². The molecule has 1 aliphatic heterocycles. The fourth-order valence-electron chi connectivity index (χ4n) is 3.93. The van der Waals surface area contributed by atoms with Crippen LogP contribution in [-0.2, 0) is 0 Å². The predicted octanol–water partition coefficient (Wildman–Crippen LogP) is 4.82. The summed E-state index contributed by atoms with van der Waals surface area (Å²) < 4.78 is 0. The van der Waals surface area contributed by atoms with Crippen LogP contribution in [0.1, 0.15) is 68.2 Å². The Morgan fingerprint density at radius 1 is 1.06 bits per heavy atom. The van der Waals surface area contributed by atoms with Gasteiger partial charge in [0, 0.05) is 19.1 Å². The van der Waals surface area contributed by atoms with Crippen molar-refractivity contribution in [2.45, 2.75) is 74.3 Å². The summed E-state index contributed by atoms with van der Waals surface area (Å²) in [6, 6.07) is 0.674. The summed E-state index contributed by atoms with van der Waals surface area (Å²) in [5, 5.41) is 0. The number of likely N-dealkylation sites (tertiary alicyclic amines) is 1. The molecule has 1 fully saturated rings. The normalized spacial score (nSPS) is 28.7. The lowest BCUT2D eigenvalue weighted by Gasteiger charge is -2.37. The Morgan fingerprint density at radius 2 is 1.61 bits per heavy atom. The third-order valence-corrected chi connectivity index (χ3v) is 4.61. The van der Waals surface area contributed by atoms with Crippen LogP contribution in [0.5, 0.6) is 0 Å². The maximum absolute atomic E-state index is 2.71. The number of hydrogen-bond donors (Lipinski definition) is 0. The highest BCUT2D eigenvalue weighted by atomic mass is 15.2. The van der Waals surface area contributed by atoms with Crippen LogP contribution in [0.4, 0.5) is 0 Å². The fraction of sp³-hybridized carbons (Fsp3) is 1.00.